The van der Waals surface area contributed by atoms with E-state index >= 15 is 0 Å². The van der Waals surface area contributed by atoms with E-state index in [4.69, 9.17) is 14.7 Å². The summed E-state index contributed by atoms with van der Waals surface area (Å²) in [6.07, 6.45) is 1.93. The number of nitrogens with one attached hydrogen (secondary N) is 2. The molecule has 1 amide bonds. The second-order valence-corrected chi connectivity index (χ2v) is 4.94. The van der Waals surface area contributed by atoms with E-state index in [0.29, 0.717) is 5.89 Å². The molecule has 0 aromatic carbocycles. The number of rotatable bonds is 5. The van der Waals surface area contributed by atoms with Crippen molar-refractivity contribution in [1.29, 1.82) is 0 Å². The molecule has 1 aromatic heterocycles. The molecular formula is C11H18N4O4. The van der Waals surface area contributed by atoms with Gasteiger partial charge in [0.05, 0.1) is 24.8 Å². The van der Waals surface area contributed by atoms with Crippen molar-refractivity contribution >= 4 is 5.91 Å². The van der Waals surface area contributed by atoms with Gasteiger partial charge in [0, 0.05) is 0 Å². The van der Waals surface area contributed by atoms with Gasteiger partial charge in [-0.05, 0) is 26.3 Å². The Balaban J connectivity index is 2.03. The number of amides is 1. The maximum atomic E-state index is 11.9. The lowest BCUT2D eigenvalue weighted by Crippen LogP contribution is -2.52. The molecule has 8 nitrogen and oxygen atoms in total. The van der Waals surface area contributed by atoms with Crippen LogP contribution in [0.3, 0.4) is 0 Å². The Morgan fingerprint density at radius 1 is 1.58 bits per heavy atom. The second-order valence-electron chi connectivity index (χ2n) is 4.94. The topological polar surface area (TPSA) is 121 Å². The summed E-state index contributed by atoms with van der Waals surface area (Å²) in [7, 11) is 0. The van der Waals surface area contributed by atoms with Crippen molar-refractivity contribution < 1.29 is 19.5 Å². The van der Waals surface area contributed by atoms with Gasteiger partial charge in [-0.1, -0.05) is 5.16 Å². The predicted octanol–water partition coefficient (Wildman–Crippen LogP) is -1.03. The van der Waals surface area contributed by atoms with Crippen LogP contribution in [-0.2, 0) is 0 Å². The molecule has 0 bridgehead atoms. The summed E-state index contributed by atoms with van der Waals surface area (Å²) in [6, 6.07) is -0.00360. The van der Waals surface area contributed by atoms with E-state index in [-0.39, 0.29) is 25.1 Å². The largest absolute Gasteiger partial charge is 0.394 e. The van der Waals surface area contributed by atoms with Crippen molar-refractivity contribution in [2.45, 2.75) is 31.3 Å². The van der Waals surface area contributed by atoms with Gasteiger partial charge in [0.2, 0.25) is 5.89 Å². The van der Waals surface area contributed by atoms with Crippen molar-refractivity contribution in [3.63, 3.8) is 0 Å². The van der Waals surface area contributed by atoms with Gasteiger partial charge in [-0.15, -0.1) is 0 Å². The quantitative estimate of drug-likeness (QED) is 0.539. The van der Waals surface area contributed by atoms with Crippen molar-refractivity contribution in [1.82, 2.24) is 20.8 Å². The van der Waals surface area contributed by atoms with Gasteiger partial charge < -0.3 is 25.4 Å². The molecule has 8 heteroatoms. The molecule has 1 unspecified atom stereocenters. The van der Waals surface area contributed by atoms with Crippen LogP contribution in [0.4, 0.5) is 0 Å². The van der Waals surface area contributed by atoms with Gasteiger partial charge in [-0.2, -0.15) is 4.98 Å². The maximum Gasteiger partial charge on any atom is 0.293 e. The third kappa shape index (κ3) is 3.09. The molecule has 2 heterocycles. The number of aliphatic hydroxyl groups excluding tert-OH is 2. The van der Waals surface area contributed by atoms with E-state index in [1.807, 2.05) is 0 Å². The standard InChI is InChI=1S/C11H18N4O4/c1-11(5-16,6-17)14-9(18)8-13-10(19-15-8)7-3-2-4-12-7/h7,12,16-17H,2-6H2,1H3,(H,14,18). The number of hydrogen-bond acceptors (Lipinski definition) is 7. The van der Waals surface area contributed by atoms with E-state index in [0.717, 1.165) is 19.4 Å². The van der Waals surface area contributed by atoms with E-state index in [1.165, 1.54) is 6.92 Å². The fourth-order valence-electron chi connectivity index (χ4n) is 1.82. The molecule has 1 saturated heterocycles. The Bertz CT molecular complexity index is 438. The number of nitrogens with zero attached hydrogens (tertiary/aromatic N) is 2. The summed E-state index contributed by atoms with van der Waals surface area (Å²) >= 11 is 0. The van der Waals surface area contributed by atoms with Crippen molar-refractivity contribution in [3.05, 3.63) is 11.7 Å². The summed E-state index contributed by atoms with van der Waals surface area (Å²) in [5.74, 6) is -0.298. The van der Waals surface area contributed by atoms with Gasteiger partial charge in [-0.3, -0.25) is 4.79 Å². The molecule has 1 fully saturated rings. The van der Waals surface area contributed by atoms with Crippen LogP contribution in [0.5, 0.6) is 0 Å². The van der Waals surface area contributed by atoms with Gasteiger partial charge in [0.15, 0.2) is 0 Å². The Labute approximate surface area is 110 Å². The van der Waals surface area contributed by atoms with Gasteiger partial charge in [0.1, 0.15) is 0 Å². The van der Waals surface area contributed by atoms with E-state index in [1.54, 1.807) is 0 Å². The molecule has 1 aromatic rings. The monoisotopic (exact) mass is 270 g/mol. The lowest BCUT2D eigenvalue weighted by atomic mass is 10.1. The zero-order chi connectivity index (χ0) is 13.9. The van der Waals surface area contributed by atoms with Crippen LogP contribution in [0, 0.1) is 0 Å². The first-order valence-corrected chi connectivity index (χ1v) is 6.19. The summed E-state index contributed by atoms with van der Waals surface area (Å²) in [6.45, 7) is 1.64. The number of aromatic nitrogens is 2. The second kappa shape index (κ2) is 5.64. The summed E-state index contributed by atoms with van der Waals surface area (Å²) in [5, 5.41) is 27.5. The van der Waals surface area contributed by atoms with Crippen LogP contribution in [0.25, 0.3) is 0 Å². The van der Waals surface area contributed by atoms with Crippen molar-refractivity contribution in [2.75, 3.05) is 19.8 Å². The molecule has 4 N–H and O–H groups in total. The van der Waals surface area contributed by atoms with Gasteiger partial charge in [0.25, 0.3) is 11.7 Å². The smallest absolute Gasteiger partial charge is 0.293 e. The molecule has 19 heavy (non-hydrogen) atoms. The average molecular weight is 270 g/mol. The molecule has 2 rings (SSSR count). The van der Waals surface area contributed by atoms with Crippen LogP contribution < -0.4 is 10.6 Å². The summed E-state index contributed by atoms with van der Waals surface area (Å²) < 4.78 is 5.04. The number of hydrogen-bond donors (Lipinski definition) is 4. The summed E-state index contributed by atoms with van der Waals surface area (Å²) in [4.78, 5) is 15.9. The molecule has 1 atom stereocenters. The Kier molecular flexibility index (Phi) is 4.13. The number of carbonyl (C=O) groups excluding carboxylic acids is 1. The molecular weight excluding hydrogens is 252 g/mol. The first-order chi connectivity index (χ1) is 9.08. The lowest BCUT2D eigenvalue weighted by Gasteiger charge is -2.25. The first-order valence-electron chi connectivity index (χ1n) is 6.19. The Hall–Kier alpha value is -1.51. The van der Waals surface area contributed by atoms with Crippen LogP contribution >= 0.6 is 0 Å². The molecule has 0 saturated carbocycles. The molecule has 106 valence electrons. The minimum absolute atomic E-state index is 0.00360. The minimum Gasteiger partial charge on any atom is -0.394 e. The Morgan fingerprint density at radius 2 is 2.32 bits per heavy atom. The van der Waals surface area contributed by atoms with Gasteiger partial charge >= 0.3 is 0 Å². The first kappa shape index (κ1) is 13.9. The third-order valence-corrected chi connectivity index (χ3v) is 3.12. The van der Waals surface area contributed by atoms with Crippen LogP contribution in [-0.4, -0.2) is 51.6 Å². The number of carbonyl (C=O) groups is 1. The minimum atomic E-state index is -1.11. The summed E-state index contributed by atoms with van der Waals surface area (Å²) in [5.41, 5.74) is -1.11. The highest BCUT2D eigenvalue weighted by atomic mass is 16.5. The number of aliphatic hydroxyl groups is 2. The molecule has 1 aliphatic rings. The maximum absolute atomic E-state index is 11.9. The highest BCUT2D eigenvalue weighted by Crippen LogP contribution is 2.21. The lowest BCUT2D eigenvalue weighted by molar-refractivity contribution is 0.0712. The van der Waals surface area contributed by atoms with E-state index in [2.05, 4.69) is 20.8 Å². The SMILES string of the molecule is CC(CO)(CO)NC(=O)c1noc(C2CCCN2)n1. The van der Waals surface area contributed by atoms with Gasteiger partial charge in [-0.25, -0.2) is 0 Å². The average Bonchev–Trinajstić information content (AvgIpc) is 3.08. The molecule has 0 aliphatic carbocycles. The fraction of sp³-hybridized carbons (Fsp3) is 0.727. The van der Waals surface area contributed by atoms with Crippen LogP contribution in [0.15, 0.2) is 4.52 Å². The van der Waals surface area contributed by atoms with E-state index < -0.39 is 11.4 Å². The van der Waals surface area contributed by atoms with Crippen LogP contribution in [0.1, 0.15) is 42.3 Å². The van der Waals surface area contributed by atoms with Crippen molar-refractivity contribution in [2.24, 2.45) is 0 Å². The zero-order valence-electron chi connectivity index (χ0n) is 10.7. The van der Waals surface area contributed by atoms with Crippen LogP contribution in [0.2, 0.25) is 0 Å². The van der Waals surface area contributed by atoms with Crippen molar-refractivity contribution in [3.8, 4) is 0 Å². The zero-order valence-corrected chi connectivity index (χ0v) is 10.7. The molecule has 1 aliphatic heterocycles. The third-order valence-electron chi connectivity index (χ3n) is 3.12. The highest BCUT2D eigenvalue weighted by Gasteiger charge is 2.29. The highest BCUT2D eigenvalue weighted by molar-refractivity contribution is 5.90. The molecule has 0 spiro atoms. The molecule has 0 radical (unpaired) electrons. The predicted molar refractivity (Wildman–Crippen MR) is 64.3 cm³/mol. The fourth-order valence-corrected chi connectivity index (χ4v) is 1.82. The van der Waals surface area contributed by atoms with E-state index in [9.17, 15) is 4.79 Å². The normalized spacial score (nSPS) is 19.6. The Morgan fingerprint density at radius 3 is 2.89 bits per heavy atom.